The second kappa shape index (κ2) is 9.13. The number of rotatable bonds is 7. The Hall–Kier alpha value is -3.55. The summed E-state index contributed by atoms with van der Waals surface area (Å²) >= 11 is 0. The molecule has 0 aliphatic rings. The van der Waals surface area contributed by atoms with Gasteiger partial charge in [-0.3, -0.25) is 4.79 Å². The van der Waals surface area contributed by atoms with Gasteiger partial charge in [-0.15, -0.1) is 0 Å². The molecule has 0 aliphatic carbocycles. The average Bonchev–Trinajstić information content (AvgIpc) is 3.48. The number of fused-ring (bicyclic) bond motifs is 1. The Morgan fingerprint density at radius 3 is 2.45 bits per heavy atom. The number of aromatic nitrogens is 6. The van der Waals surface area contributed by atoms with Crippen molar-refractivity contribution in [2.75, 3.05) is 7.05 Å². The van der Waals surface area contributed by atoms with E-state index < -0.39 is 0 Å². The molecule has 0 bridgehead atoms. The first-order valence-corrected chi connectivity index (χ1v) is 11.3. The topological polar surface area (TPSA) is 81.7 Å². The third-order valence-electron chi connectivity index (χ3n) is 6.45. The number of aryl methyl sites for hydroxylation is 2. The van der Waals surface area contributed by atoms with Gasteiger partial charge in [0.1, 0.15) is 12.7 Å². The third-order valence-corrected chi connectivity index (χ3v) is 6.45. The summed E-state index contributed by atoms with van der Waals surface area (Å²) in [6, 6.07) is 8.26. The lowest BCUT2D eigenvalue weighted by Crippen LogP contribution is -2.30. The van der Waals surface area contributed by atoms with E-state index in [2.05, 4.69) is 36.0 Å². The van der Waals surface area contributed by atoms with Crippen molar-refractivity contribution in [1.29, 1.82) is 0 Å². The highest BCUT2D eigenvalue weighted by molar-refractivity contribution is 5.81. The quantitative estimate of drug-likeness (QED) is 0.422. The van der Waals surface area contributed by atoms with Crippen molar-refractivity contribution in [1.82, 2.24) is 34.4 Å². The third kappa shape index (κ3) is 4.37. The van der Waals surface area contributed by atoms with Crippen molar-refractivity contribution in [3.63, 3.8) is 0 Å². The van der Waals surface area contributed by atoms with Gasteiger partial charge in [0.2, 0.25) is 5.91 Å². The molecule has 0 radical (unpaired) electrons. The highest BCUT2D eigenvalue weighted by atomic mass is 16.2. The second-order valence-electron chi connectivity index (χ2n) is 8.83. The van der Waals surface area contributed by atoms with E-state index in [9.17, 15) is 4.79 Å². The van der Waals surface area contributed by atoms with E-state index in [-0.39, 0.29) is 18.0 Å². The molecule has 1 amide bonds. The number of nitrogens with zero attached hydrogens (tertiary/aromatic N) is 7. The first kappa shape index (κ1) is 22.6. The van der Waals surface area contributed by atoms with Crippen LogP contribution >= 0.6 is 0 Å². The summed E-state index contributed by atoms with van der Waals surface area (Å²) in [5, 5.41) is 9.72. The fourth-order valence-electron chi connectivity index (χ4n) is 4.23. The van der Waals surface area contributed by atoms with Gasteiger partial charge in [0.25, 0.3) is 0 Å². The molecule has 3 heterocycles. The first-order valence-electron chi connectivity index (χ1n) is 11.3. The van der Waals surface area contributed by atoms with Crippen molar-refractivity contribution >= 4 is 16.9 Å². The Morgan fingerprint density at radius 2 is 1.82 bits per heavy atom. The first-order chi connectivity index (χ1) is 15.8. The fraction of sp³-hybridized carbons (Fsp3) is 0.400. The maximum atomic E-state index is 13.0. The summed E-state index contributed by atoms with van der Waals surface area (Å²) in [6.07, 6.45) is 6.16. The van der Waals surface area contributed by atoms with Crippen LogP contribution in [0.2, 0.25) is 0 Å². The zero-order valence-electron chi connectivity index (χ0n) is 20.1. The minimum atomic E-state index is -0.0330. The van der Waals surface area contributed by atoms with E-state index in [1.54, 1.807) is 11.0 Å². The van der Waals surface area contributed by atoms with E-state index in [0.717, 1.165) is 39.1 Å². The molecule has 0 aliphatic heterocycles. The summed E-state index contributed by atoms with van der Waals surface area (Å²) in [6.45, 7) is 10.4. The fourth-order valence-corrected chi connectivity index (χ4v) is 4.23. The highest BCUT2D eigenvalue weighted by Crippen LogP contribution is 2.26. The van der Waals surface area contributed by atoms with Crippen LogP contribution in [0.3, 0.4) is 0 Å². The molecular weight excluding hydrogens is 414 g/mol. The molecule has 172 valence electrons. The Morgan fingerprint density at radius 1 is 1.09 bits per heavy atom. The number of hydrogen-bond donors (Lipinski definition) is 0. The number of carbonyl (C=O) groups excluding carboxylic acids is 1. The van der Waals surface area contributed by atoms with Gasteiger partial charge in [-0.1, -0.05) is 12.1 Å². The largest absolute Gasteiger partial charge is 0.339 e. The van der Waals surface area contributed by atoms with E-state index >= 15 is 0 Å². The molecular formula is C25H31N7O. The minimum absolute atomic E-state index is 0.0330. The van der Waals surface area contributed by atoms with Crippen LogP contribution in [0.1, 0.15) is 61.7 Å². The molecule has 3 aromatic heterocycles. The Kier molecular flexibility index (Phi) is 6.26. The van der Waals surface area contributed by atoms with Gasteiger partial charge < -0.3 is 4.90 Å². The van der Waals surface area contributed by atoms with Crippen LogP contribution in [-0.2, 0) is 11.2 Å². The standard InChI is InChI=1S/C25H31N7O/c1-16(2)32-25-23(13-27-32)17(3)22(18(4)29-25)11-12-24(33)30(6)19(5)20-7-9-21(10-8-20)31-15-26-14-28-31/h7-10,13-16,19H,11-12H2,1-6H3/t19-/m0/s1. The molecule has 8 nitrogen and oxygen atoms in total. The molecule has 1 atom stereocenters. The zero-order valence-corrected chi connectivity index (χ0v) is 20.1. The Balaban J connectivity index is 1.45. The Labute approximate surface area is 194 Å². The van der Waals surface area contributed by atoms with Gasteiger partial charge in [0.05, 0.1) is 17.9 Å². The number of hydrogen-bond acceptors (Lipinski definition) is 5. The summed E-state index contributed by atoms with van der Waals surface area (Å²) in [4.78, 5) is 23.6. The number of benzene rings is 1. The predicted octanol–water partition coefficient (Wildman–Crippen LogP) is 4.36. The van der Waals surface area contributed by atoms with E-state index in [4.69, 9.17) is 4.98 Å². The van der Waals surface area contributed by atoms with Crippen LogP contribution in [0.15, 0.2) is 43.1 Å². The lowest BCUT2D eigenvalue weighted by molar-refractivity contribution is -0.131. The minimum Gasteiger partial charge on any atom is -0.339 e. The lowest BCUT2D eigenvalue weighted by atomic mass is 9.99. The summed E-state index contributed by atoms with van der Waals surface area (Å²) in [7, 11) is 1.87. The number of pyridine rings is 1. The van der Waals surface area contributed by atoms with Crippen LogP contribution < -0.4 is 0 Å². The Bertz CT molecular complexity index is 1260. The van der Waals surface area contributed by atoms with Crippen LogP contribution in [0.4, 0.5) is 0 Å². The number of amides is 1. The molecule has 4 aromatic rings. The van der Waals surface area contributed by atoms with Gasteiger partial charge in [0, 0.05) is 30.6 Å². The van der Waals surface area contributed by atoms with Crippen LogP contribution in [-0.4, -0.2) is 47.4 Å². The molecule has 0 fully saturated rings. The van der Waals surface area contributed by atoms with Crippen molar-refractivity contribution in [3.8, 4) is 5.69 Å². The summed E-state index contributed by atoms with van der Waals surface area (Å²) < 4.78 is 3.66. The van der Waals surface area contributed by atoms with Gasteiger partial charge in [-0.25, -0.2) is 19.3 Å². The van der Waals surface area contributed by atoms with Gasteiger partial charge in [-0.2, -0.15) is 10.2 Å². The summed E-state index contributed by atoms with van der Waals surface area (Å²) in [5.41, 5.74) is 6.19. The normalized spacial score (nSPS) is 12.5. The molecule has 33 heavy (non-hydrogen) atoms. The van der Waals surface area contributed by atoms with Crippen LogP contribution in [0.5, 0.6) is 0 Å². The maximum absolute atomic E-state index is 13.0. The molecule has 0 N–H and O–H groups in total. The summed E-state index contributed by atoms with van der Waals surface area (Å²) in [5.74, 6) is 0.111. The van der Waals surface area contributed by atoms with Crippen LogP contribution in [0, 0.1) is 13.8 Å². The highest BCUT2D eigenvalue weighted by Gasteiger charge is 2.20. The predicted molar refractivity (Wildman–Crippen MR) is 128 cm³/mol. The van der Waals surface area contributed by atoms with Gasteiger partial charge in [0.15, 0.2) is 5.65 Å². The van der Waals surface area contributed by atoms with Crippen molar-refractivity contribution in [3.05, 3.63) is 65.5 Å². The van der Waals surface area contributed by atoms with Crippen molar-refractivity contribution in [2.45, 2.75) is 59.5 Å². The molecule has 8 heteroatoms. The molecule has 1 aromatic carbocycles. The maximum Gasteiger partial charge on any atom is 0.223 e. The smallest absolute Gasteiger partial charge is 0.223 e. The zero-order chi connectivity index (χ0) is 23.7. The van der Waals surface area contributed by atoms with E-state index in [0.29, 0.717) is 12.8 Å². The van der Waals surface area contributed by atoms with Gasteiger partial charge in [-0.05, 0) is 69.9 Å². The van der Waals surface area contributed by atoms with E-state index in [1.807, 2.05) is 60.9 Å². The average molecular weight is 446 g/mol. The van der Waals surface area contributed by atoms with E-state index in [1.165, 1.54) is 6.33 Å². The molecule has 0 spiro atoms. The van der Waals surface area contributed by atoms with Crippen molar-refractivity contribution in [2.24, 2.45) is 0 Å². The second-order valence-corrected chi connectivity index (χ2v) is 8.83. The van der Waals surface area contributed by atoms with Crippen molar-refractivity contribution < 1.29 is 4.79 Å². The monoisotopic (exact) mass is 445 g/mol. The molecule has 0 unspecified atom stereocenters. The molecule has 0 saturated heterocycles. The SMILES string of the molecule is Cc1nc2c(cnn2C(C)C)c(C)c1CCC(=O)N(C)[C@@H](C)c1ccc(-n2cncn2)cc1. The molecule has 0 saturated carbocycles. The number of carbonyl (C=O) groups is 1. The van der Waals surface area contributed by atoms with Crippen LogP contribution in [0.25, 0.3) is 16.7 Å². The molecule has 4 rings (SSSR count). The lowest BCUT2D eigenvalue weighted by Gasteiger charge is -2.26. The van der Waals surface area contributed by atoms with Gasteiger partial charge >= 0.3 is 0 Å².